The fraction of sp³-hybridized carbons (Fsp3) is 0.462. The first-order valence-corrected chi connectivity index (χ1v) is 13.1. The first-order valence-electron chi connectivity index (χ1n) is 12.8. The van der Waals surface area contributed by atoms with Crippen LogP contribution < -0.4 is 10.2 Å². The lowest BCUT2D eigenvalue weighted by atomic mass is 9.90. The quantitative estimate of drug-likeness (QED) is 0.442. The van der Waals surface area contributed by atoms with Crippen LogP contribution in [-0.2, 0) is 23.4 Å². The molecular formula is C26H31Cl3FN7O2. The number of nitrogens with one attached hydrogen (secondary N) is 1. The van der Waals surface area contributed by atoms with Crippen LogP contribution in [0, 0.1) is 5.82 Å². The summed E-state index contributed by atoms with van der Waals surface area (Å²) in [6.45, 7) is 4.88. The van der Waals surface area contributed by atoms with Crippen LogP contribution in [0.4, 0.5) is 16.0 Å². The Morgan fingerprint density at radius 2 is 1.82 bits per heavy atom. The molecule has 0 atom stereocenters. The molecule has 9 nitrogen and oxygen atoms in total. The highest BCUT2D eigenvalue weighted by atomic mass is 35.5. The van der Waals surface area contributed by atoms with E-state index in [9.17, 15) is 14.3 Å². The minimum absolute atomic E-state index is 0. The number of likely N-dealkylation sites (tertiary alicyclic amines) is 1. The number of piperidine rings is 1. The smallest absolute Gasteiger partial charge is 0.230 e. The maximum Gasteiger partial charge on any atom is 0.230 e. The van der Waals surface area contributed by atoms with Crippen LogP contribution >= 0.6 is 36.4 Å². The highest BCUT2D eigenvalue weighted by Crippen LogP contribution is 2.37. The second-order valence-electron chi connectivity index (χ2n) is 10.1. The Bertz CT molecular complexity index is 1340. The number of aromatic nitrogens is 4. The van der Waals surface area contributed by atoms with Crippen molar-refractivity contribution in [3.63, 3.8) is 0 Å². The minimum atomic E-state index is -1.13. The van der Waals surface area contributed by atoms with Crippen molar-refractivity contribution >= 4 is 54.0 Å². The number of amides is 1. The van der Waals surface area contributed by atoms with Gasteiger partial charge < -0.3 is 24.8 Å². The van der Waals surface area contributed by atoms with Gasteiger partial charge in [-0.05, 0) is 44.1 Å². The van der Waals surface area contributed by atoms with Gasteiger partial charge >= 0.3 is 0 Å². The molecule has 1 aromatic carbocycles. The van der Waals surface area contributed by atoms with Crippen LogP contribution in [0.1, 0.15) is 37.1 Å². The molecule has 210 valence electrons. The van der Waals surface area contributed by atoms with Crippen LogP contribution in [0.3, 0.4) is 0 Å². The Hall–Kier alpha value is -2.50. The highest BCUT2D eigenvalue weighted by molar-refractivity contribution is 6.31. The molecule has 0 aliphatic carbocycles. The molecule has 6 rings (SSSR count). The number of anilines is 2. The third-order valence-electron chi connectivity index (χ3n) is 7.67. The number of nitrogens with zero attached hydrogens (tertiary/aromatic N) is 6. The van der Waals surface area contributed by atoms with Crippen LogP contribution in [0.25, 0.3) is 11.3 Å². The molecule has 2 aromatic heterocycles. The molecule has 0 bridgehead atoms. The van der Waals surface area contributed by atoms with Crippen molar-refractivity contribution in [1.82, 2.24) is 24.4 Å². The summed E-state index contributed by atoms with van der Waals surface area (Å²) in [5, 5.41) is 14.7. The first-order chi connectivity index (χ1) is 17.9. The number of halogens is 4. The van der Waals surface area contributed by atoms with Gasteiger partial charge in [0, 0.05) is 56.3 Å². The Kier molecular flexibility index (Phi) is 9.02. The van der Waals surface area contributed by atoms with Crippen molar-refractivity contribution in [2.45, 2.75) is 44.2 Å². The monoisotopic (exact) mass is 597 g/mol. The lowest BCUT2D eigenvalue weighted by Crippen LogP contribution is -2.45. The third-order valence-corrected chi connectivity index (χ3v) is 7.96. The van der Waals surface area contributed by atoms with Gasteiger partial charge in [0.25, 0.3) is 0 Å². The zero-order valence-corrected chi connectivity index (χ0v) is 23.7. The Morgan fingerprint density at radius 3 is 2.54 bits per heavy atom. The summed E-state index contributed by atoms with van der Waals surface area (Å²) in [5.41, 5.74) is 1.05. The summed E-state index contributed by atoms with van der Waals surface area (Å²) < 4.78 is 15.8. The Balaban J connectivity index is 0.00000176. The fourth-order valence-corrected chi connectivity index (χ4v) is 5.78. The summed E-state index contributed by atoms with van der Waals surface area (Å²) in [7, 11) is 0. The van der Waals surface area contributed by atoms with Crippen molar-refractivity contribution in [2.24, 2.45) is 0 Å². The molecule has 13 heteroatoms. The second-order valence-corrected chi connectivity index (χ2v) is 10.5. The van der Waals surface area contributed by atoms with Gasteiger partial charge in [0.1, 0.15) is 35.2 Å². The molecule has 0 saturated carbocycles. The van der Waals surface area contributed by atoms with E-state index in [1.807, 2.05) is 10.8 Å². The van der Waals surface area contributed by atoms with Crippen LogP contribution in [0.5, 0.6) is 0 Å². The van der Waals surface area contributed by atoms with Crippen molar-refractivity contribution in [3.05, 3.63) is 53.0 Å². The average molecular weight is 599 g/mol. The second kappa shape index (κ2) is 11.9. The average Bonchev–Trinajstić information content (AvgIpc) is 3.64. The van der Waals surface area contributed by atoms with Crippen molar-refractivity contribution in [2.75, 3.05) is 42.9 Å². The maximum absolute atomic E-state index is 13.8. The van der Waals surface area contributed by atoms with Gasteiger partial charge in [-0.1, -0.05) is 11.6 Å². The number of carbonyl (C=O) groups excluding carboxylic acids is 1. The van der Waals surface area contributed by atoms with E-state index >= 15 is 0 Å². The van der Waals surface area contributed by atoms with Crippen LogP contribution in [-0.4, -0.2) is 68.2 Å². The van der Waals surface area contributed by atoms with E-state index in [0.717, 1.165) is 31.0 Å². The molecule has 1 amide bonds. The summed E-state index contributed by atoms with van der Waals surface area (Å²) in [4.78, 5) is 29.9. The van der Waals surface area contributed by atoms with E-state index in [1.165, 1.54) is 25.2 Å². The number of aliphatic hydroxyl groups is 1. The molecule has 3 aliphatic rings. The lowest BCUT2D eigenvalue weighted by Gasteiger charge is -2.39. The Morgan fingerprint density at radius 1 is 1.08 bits per heavy atom. The molecular weight excluding hydrogens is 568 g/mol. The van der Waals surface area contributed by atoms with Gasteiger partial charge in [-0.2, -0.15) is 0 Å². The van der Waals surface area contributed by atoms with E-state index in [4.69, 9.17) is 16.6 Å². The number of carbonyl (C=O) groups is 1. The molecule has 3 aliphatic heterocycles. The lowest BCUT2D eigenvalue weighted by molar-refractivity contribution is -0.115. The first kappa shape index (κ1) is 29.5. The molecule has 2 fully saturated rings. The zero-order valence-electron chi connectivity index (χ0n) is 21.3. The minimum Gasteiger partial charge on any atom is -0.382 e. The molecule has 3 aromatic rings. The Labute approximate surface area is 243 Å². The molecule has 0 unspecified atom stereocenters. The summed E-state index contributed by atoms with van der Waals surface area (Å²) >= 11 is 6.05. The molecule has 2 saturated heterocycles. The van der Waals surface area contributed by atoms with E-state index in [0.29, 0.717) is 55.4 Å². The number of fused-ring (bicyclic) bond motifs is 1. The van der Waals surface area contributed by atoms with E-state index in [1.54, 1.807) is 12.1 Å². The van der Waals surface area contributed by atoms with Gasteiger partial charge in [-0.25, -0.2) is 19.3 Å². The van der Waals surface area contributed by atoms with Gasteiger partial charge in [0.2, 0.25) is 5.91 Å². The molecule has 39 heavy (non-hydrogen) atoms. The molecule has 0 spiro atoms. The summed E-state index contributed by atoms with van der Waals surface area (Å²) in [6, 6.07) is 4.58. The predicted octanol–water partition coefficient (Wildman–Crippen LogP) is 4.05. The largest absolute Gasteiger partial charge is 0.382 e. The topological polar surface area (TPSA) is 99.4 Å². The van der Waals surface area contributed by atoms with Gasteiger partial charge in [-0.15, -0.1) is 24.8 Å². The standard InChI is InChI=1S/C26H29ClFN7O2.2ClH/c27-19-13-17(3-4-20(19)28)21-15-35(12-11-33-7-1-2-8-33)25(31-21)26(37)5-9-34(10-6-26)24-18-14-22(36)32-23(18)29-16-30-24;;/h3-4,13,15-16,37H,1-2,5-12,14H2,(H,29,30,32,36);2*1H. The number of hydrogen-bond donors (Lipinski definition) is 2. The number of rotatable bonds is 6. The summed E-state index contributed by atoms with van der Waals surface area (Å²) in [5.74, 6) is 1.36. The van der Waals surface area contributed by atoms with Crippen molar-refractivity contribution in [3.8, 4) is 11.3 Å². The van der Waals surface area contributed by atoms with E-state index < -0.39 is 11.4 Å². The van der Waals surface area contributed by atoms with Gasteiger partial charge in [0.15, 0.2) is 0 Å². The van der Waals surface area contributed by atoms with Crippen molar-refractivity contribution < 1.29 is 14.3 Å². The molecule has 5 heterocycles. The molecule has 2 N–H and O–H groups in total. The fourth-order valence-electron chi connectivity index (χ4n) is 5.60. The third kappa shape index (κ3) is 5.85. The van der Waals surface area contributed by atoms with Crippen LogP contribution in [0.2, 0.25) is 5.02 Å². The normalized spacial score (nSPS) is 18.3. The van der Waals surface area contributed by atoms with E-state index in [2.05, 4.69) is 25.1 Å². The van der Waals surface area contributed by atoms with Crippen LogP contribution in [0.15, 0.2) is 30.7 Å². The summed E-state index contributed by atoms with van der Waals surface area (Å²) in [6.07, 6.45) is 7.00. The maximum atomic E-state index is 13.8. The number of benzene rings is 1. The van der Waals surface area contributed by atoms with Gasteiger partial charge in [0.05, 0.1) is 17.1 Å². The predicted molar refractivity (Wildman–Crippen MR) is 153 cm³/mol. The highest BCUT2D eigenvalue weighted by Gasteiger charge is 2.40. The van der Waals surface area contributed by atoms with E-state index in [-0.39, 0.29) is 42.2 Å². The number of imidazole rings is 1. The zero-order chi connectivity index (χ0) is 25.6. The molecule has 0 radical (unpaired) electrons. The number of hydrogen-bond acceptors (Lipinski definition) is 7. The van der Waals surface area contributed by atoms with Gasteiger partial charge in [-0.3, -0.25) is 4.79 Å². The SMILES string of the molecule is Cl.Cl.O=C1Cc2c(ncnc2N2CCC(O)(c3nc(-c4ccc(F)c(Cl)c4)cn3CCN3CCCC3)CC2)N1. The van der Waals surface area contributed by atoms with Crippen molar-refractivity contribution in [1.29, 1.82) is 0 Å².